The second-order valence-electron chi connectivity index (χ2n) is 5.39. The van der Waals surface area contributed by atoms with Crippen molar-refractivity contribution in [2.45, 2.75) is 19.3 Å². The number of benzene rings is 1. The number of hydrogen-bond acceptors (Lipinski definition) is 3. The summed E-state index contributed by atoms with van der Waals surface area (Å²) in [4.78, 5) is 36.6. The summed E-state index contributed by atoms with van der Waals surface area (Å²) in [5.41, 5.74) is 0.620. The SMILES string of the molecule is O=C(O)CCNC(=O)C1CCCN(C(=O)c2ccccc2)C1. The normalized spacial score (nSPS) is 17.8. The van der Waals surface area contributed by atoms with Gasteiger partial charge in [-0.25, -0.2) is 0 Å². The van der Waals surface area contributed by atoms with Crippen molar-refractivity contribution in [2.24, 2.45) is 5.92 Å². The van der Waals surface area contributed by atoms with Gasteiger partial charge in [0.05, 0.1) is 12.3 Å². The van der Waals surface area contributed by atoms with E-state index in [4.69, 9.17) is 5.11 Å². The number of piperidine rings is 1. The van der Waals surface area contributed by atoms with Gasteiger partial charge in [-0.05, 0) is 25.0 Å². The van der Waals surface area contributed by atoms with Crippen molar-refractivity contribution in [3.05, 3.63) is 35.9 Å². The van der Waals surface area contributed by atoms with Crippen LogP contribution in [0.1, 0.15) is 29.6 Å². The van der Waals surface area contributed by atoms with Crippen molar-refractivity contribution < 1.29 is 19.5 Å². The molecule has 2 N–H and O–H groups in total. The summed E-state index contributed by atoms with van der Waals surface area (Å²) in [6, 6.07) is 9.00. The van der Waals surface area contributed by atoms with Gasteiger partial charge in [-0.1, -0.05) is 18.2 Å². The maximum Gasteiger partial charge on any atom is 0.305 e. The van der Waals surface area contributed by atoms with Crippen molar-refractivity contribution >= 4 is 17.8 Å². The van der Waals surface area contributed by atoms with E-state index >= 15 is 0 Å². The molecular weight excluding hydrogens is 284 g/mol. The lowest BCUT2D eigenvalue weighted by Gasteiger charge is -2.32. The minimum absolute atomic E-state index is 0.0661. The number of likely N-dealkylation sites (tertiary alicyclic amines) is 1. The molecule has 1 aliphatic heterocycles. The number of carbonyl (C=O) groups excluding carboxylic acids is 2. The van der Waals surface area contributed by atoms with Crippen LogP contribution in [0, 0.1) is 5.92 Å². The maximum atomic E-state index is 12.4. The molecule has 2 amide bonds. The molecule has 1 atom stereocenters. The number of rotatable bonds is 5. The fraction of sp³-hybridized carbons (Fsp3) is 0.438. The maximum absolute atomic E-state index is 12.4. The van der Waals surface area contributed by atoms with E-state index < -0.39 is 5.97 Å². The number of nitrogens with one attached hydrogen (secondary N) is 1. The van der Waals surface area contributed by atoms with Gasteiger partial charge in [-0.2, -0.15) is 0 Å². The average Bonchev–Trinajstić information content (AvgIpc) is 2.54. The summed E-state index contributed by atoms with van der Waals surface area (Å²) >= 11 is 0. The molecule has 0 saturated carbocycles. The second kappa shape index (κ2) is 7.59. The highest BCUT2D eigenvalue weighted by Crippen LogP contribution is 2.18. The molecule has 1 fully saturated rings. The van der Waals surface area contributed by atoms with Gasteiger partial charge in [0, 0.05) is 25.2 Å². The summed E-state index contributed by atoms with van der Waals surface area (Å²) in [6.45, 7) is 1.15. The molecule has 1 aromatic rings. The highest BCUT2D eigenvalue weighted by Gasteiger charge is 2.28. The molecule has 118 valence electrons. The topological polar surface area (TPSA) is 86.7 Å². The molecule has 22 heavy (non-hydrogen) atoms. The summed E-state index contributed by atoms with van der Waals surface area (Å²) < 4.78 is 0. The summed E-state index contributed by atoms with van der Waals surface area (Å²) in [5, 5.41) is 11.2. The van der Waals surface area contributed by atoms with Crippen LogP contribution < -0.4 is 5.32 Å². The van der Waals surface area contributed by atoms with Crippen LogP contribution in [0.2, 0.25) is 0 Å². The van der Waals surface area contributed by atoms with Gasteiger partial charge in [0.25, 0.3) is 5.91 Å². The molecule has 0 radical (unpaired) electrons. The van der Waals surface area contributed by atoms with Crippen molar-refractivity contribution in [1.82, 2.24) is 10.2 Å². The fourth-order valence-electron chi connectivity index (χ4n) is 2.58. The Bertz CT molecular complexity index is 544. The Balaban J connectivity index is 1.90. The summed E-state index contributed by atoms with van der Waals surface area (Å²) in [7, 11) is 0. The Hall–Kier alpha value is -2.37. The number of carboxylic acids is 1. The lowest BCUT2D eigenvalue weighted by atomic mass is 9.96. The number of aliphatic carboxylic acids is 1. The zero-order valence-corrected chi connectivity index (χ0v) is 12.3. The van der Waals surface area contributed by atoms with Crippen LogP contribution >= 0.6 is 0 Å². The first-order valence-corrected chi connectivity index (χ1v) is 7.42. The number of carboxylic acid groups (broad SMARTS) is 1. The second-order valence-corrected chi connectivity index (χ2v) is 5.39. The Morgan fingerprint density at radius 2 is 1.95 bits per heavy atom. The molecule has 1 saturated heterocycles. The van der Waals surface area contributed by atoms with Gasteiger partial charge in [0.1, 0.15) is 0 Å². The Morgan fingerprint density at radius 3 is 2.64 bits per heavy atom. The van der Waals surface area contributed by atoms with E-state index in [1.807, 2.05) is 18.2 Å². The van der Waals surface area contributed by atoms with Crippen molar-refractivity contribution in [2.75, 3.05) is 19.6 Å². The van der Waals surface area contributed by atoms with Crippen molar-refractivity contribution in [3.63, 3.8) is 0 Å². The van der Waals surface area contributed by atoms with Gasteiger partial charge in [0.2, 0.25) is 5.91 Å². The monoisotopic (exact) mass is 304 g/mol. The van der Waals surface area contributed by atoms with Crippen LogP contribution in [-0.2, 0) is 9.59 Å². The van der Waals surface area contributed by atoms with Gasteiger partial charge in [-0.3, -0.25) is 14.4 Å². The highest BCUT2D eigenvalue weighted by molar-refractivity contribution is 5.94. The van der Waals surface area contributed by atoms with E-state index in [0.29, 0.717) is 18.7 Å². The first-order valence-electron chi connectivity index (χ1n) is 7.42. The molecule has 6 nitrogen and oxygen atoms in total. The molecule has 1 aliphatic rings. The molecule has 0 aliphatic carbocycles. The summed E-state index contributed by atoms with van der Waals surface area (Å²) in [5.74, 6) is -1.45. The number of nitrogens with zero attached hydrogens (tertiary/aromatic N) is 1. The van der Waals surface area contributed by atoms with Gasteiger partial charge < -0.3 is 15.3 Å². The molecular formula is C16H20N2O4. The summed E-state index contributed by atoms with van der Waals surface area (Å²) in [6.07, 6.45) is 1.40. The number of hydrogen-bond donors (Lipinski definition) is 2. The lowest BCUT2D eigenvalue weighted by molar-refractivity contribution is -0.137. The van der Waals surface area contributed by atoms with E-state index in [9.17, 15) is 14.4 Å². The fourth-order valence-corrected chi connectivity index (χ4v) is 2.58. The van der Waals surface area contributed by atoms with E-state index in [1.54, 1.807) is 17.0 Å². The molecule has 2 rings (SSSR count). The molecule has 0 bridgehead atoms. The third-order valence-corrected chi connectivity index (χ3v) is 3.74. The van der Waals surface area contributed by atoms with E-state index in [0.717, 1.165) is 12.8 Å². The first kappa shape index (κ1) is 16.0. The standard InChI is InChI=1S/C16H20N2O4/c19-14(20)8-9-17-15(21)13-7-4-10-18(11-13)16(22)12-5-2-1-3-6-12/h1-3,5-6,13H,4,7-11H2,(H,17,21)(H,19,20). The van der Waals surface area contributed by atoms with Gasteiger partial charge in [-0.15, -0.1) is 0 Å². The van der Waals surface area contributed by atoms with Crippen LogP contribution in [0.15, 0.2) is 30.3 Å². The Morgan fingerprint density at radius 1 is 1.23 bits per heavy atom. The van der Waals surface area contributed by atoms with Gasteiger partial charge in [0.15, 0.2) is 0 Å². The van der Waals surface area contributed by atoms with Gasteiger partial charge >= 0.3 is 5.97 Å². The molecule has 6 heteroatoms. The van der Waals surface area contributed by atoms with Crippen molar-refractivity contribution in [1.29, 1.82) is 0 Å². The quantitative estimate of drug-likeness (QED) is 0.853. The molecule has 1 heterocycles. The van der Waals surface area contributed by atoms with E-state index in [2.05, 4.69) is 5.32 Å². The van der Waals surface area contributed by atoms with Crippen LogP contribution in [0.3, 0.4) is 0 Å². The predicted molar refractivity (Wildman–Crippen MR) is 80.3 cm³/mol. The smallest absolute Gasteiger partial charge is 0.305 e. The van der Waals surface area contributed by atoms with Crippen LogP contribution in [0.4, 0.5) is 0 Å². The minimum atomic E-state index is -0.940. The van der Waals surface area contributed by atoms with Crippen molar-refractivity contribution in [3.8, 4) is 0 Å². The first-order chi connectivity index (χ1) is 10.6. The third-order valence-electron chi connectivity index (χ3n) is 3.74. The molecule has 1 unspecified atom stereocenters. The number of amides is 2. The number of carbonyl (C=O) groups is 3. The molecule has 1 aromatic carbocycles. The average molecular weight is 304 g/mol. The Kier molecular flexibility index (Phi) is 5.52. The molecule has 0 aromatic heterocycles. The predicted octanol–water partition coefficient (Wildman–Crippen LogP) is 1.13. The van der Waals surface area contributed by atoms with Crippen LogP contribution in [-0.4, -0.2) is 47.4 Å². The zero-order chi connectivity index (χ0) is 15.9. The van der Waals surface area contributed by atoms with Crippen LogP contribution in [0.25, 0.3) is 0 Å². The highest BCUT2D eigenvalue weighted by atomic mass is 16.4. The Labute approximate surface area is 129 Å². The van der Waals surface area contributed by atoms with E-state index in [-0.39, 0.29) is 30.7 Å². The zero-order valence-electron chi connectivity index (χ0n) is 12.3. The van der Waals surface area contributed by atoms with Crippen LogP contribution in [0.5, 0.6) is 0 Å². The largest absolute Gasteiger partial charge is 0.481 e. The lowest BCUT2D eigenvalue weighted by Crippen LogP contribution is -2.45. The minimum Gasteiger partial charge on any atom is -0.481 e. The molecule has 0 spiro atoms. The third kappa shape index (κ3) is 4.31. The van der Waals surface area contributed by atoms with E-state index in [1.165, 1.54) is 0 Å².